The minimum Gasteiger partial charge on any atom is -0.261 e. The lowest BCUT2D eigenvalue weighted by Crippen LogP contribution is -1.85. The molecule has 0 saturated heterocycles. The molecule has 0 amide bonds. The van der Waals surface area contributed by atoms with Gasteiger partial charge in [0.15, 0.2) is 0 Å². The van der Waals surface area contributed by atoms with Crippen molar-refractivity contribution in [2.75, 3.05) is 0 Å². The van der Waals surface area contributed by atoms with Crippen LogP contribution in [0.25, 0.3) is 0 Å². The predicted molar refractivity (Wildman–Crippen MR) is 40.7 cm³/mol. The zero-order chi connectivity index (χ0) is 6.97. The molecule has 1 radical (unpaired) electrons. The minimum atomic E-state index is 0.752. The molecular formula is C9H10N. The second kappa shape index (κ2) is 2.08. The van der Waals surface area contributed by atoms with Crippen LogP contribution in [0.4, 0.5) is 0 Å². The van der Waals surface area contributed by atoms with Gasteiger partial charge in [0.1, 0.15) is 0 Å². The number of nitrogens with zero attached hydrogens (tertiary/aromatic N) is 1. The highest BCUT2D eigenvalue weighted by atomic mass is 14.7. The summed E-state index contributed by atoms with van der Waals surface area (Å²) < 4.78 is 0. The van der Waals surface area contributed by atoms with Crippen LogP contribution in [0, 0.1) is 6.92 Å². The van der Waals surface area contributed by atoms with Gasteiger partial charge < -0.3 is 0 Å². The Hall–Kier alpha value is -0.850. The van der Waals surface area contributed by atoms with Gasteiger partial charge in [-0.25, -0.2) is 0 Å². The van der Waals surface area contributed by atoms with Gasteiger partial charge in [0, 0.05) is 17.8 Å². The van der Waals surface area contributed by atoms with E-state index in [4.69, 9.17) is 0 Å². The summed E-state index contributed by atoms with van der Waals surface area (Å²) in [6.45, 7) is 3.85. The van der Waals surface area contributed by atoms with E-state index in [-0.39, 0.29) is 0 Å². The van der Waals surface area contributed by atoms with Gasteiger partial charge in [0.05, 0.1) is 0 Å². The Bertz CT molecular complexity index is 238. The fourth-order valence-electron chi connectivity index (χ4n) is 1.10. The van der Waals surface area contributed by atoms with Crippen LogP contribution in [-0.2, 0) is 0 Å². The molecule has 0 unspecified atom stereocenters. The maximum Gasteiger partial charge on any atom is 0.0437 e. The lowest BCUT2D eigenvalue weighted by molar-refractivity contribution is 1.02. The quantitative estimate of drug-likeness (QED) is 0.570. The van der Waals surface area contributed by atoms with Crippen molar-refractivity contribution in [1.82, 2.24) is 4.98 Å². The molecule has 1 heteroatoms. The molecule has 1 heterocycles. The molecule has 10 heavy (non-hydrogen) atoms. The van der Waals surface area contributed by atoms with E-state index in [1.807, 2.05) is 12.3 Å². The molecule has 2 rings (SSSR count). The molecule has 51 valence electrons. The maximum atomic E-state index is 4.26. The fourth-order valence-corrected chi connectivity index (χ4v) is 1.10. The third kappa shape index (κ3) is 1.04. The van der Waals surface area contributed by atoms with E-state index in [1.165, 1.54) is 18.5 Å². The Morgan fingerprint density at radius 1 is 1.50 bits per heavy atom. The van der Waals surface area contributed by atoms with Gasteiger partial charge in [-0.2, -0.15) is 0 Å². The van der Waals surface area contributed by atoms with Gasteiger partial charge >= 0.3 is 0 Å². The van der Waals surface area contributed by atoms with Crippen LogP contribution in [0.3, 0.4) is 0 Å². The molecule has 0 atom stereocenters. The Labute approximate surface area is 61.1 Å². The third-order valence-electron chi connectivity index (χ3n) is 1.84. The van der Waals surface area contributed by atoms with Crippen molar-refractivity contribution >= 4 is 0 Å². The molecule has 1 aliphatic rings. The van der Waals surface area contributed by atoms with Gasteiger partial charge in [-0.15, -0.1) is 0 Å². The number of hydrogen-bond donors (Lipinski definition) is 0. The molecule has 1 aromatic heterocycles. The molecule has 1 fully saturated rings. The van der Waals surface area contributed by atoms with Gasteiger partial charge in [0.2, 0.25) is 0 Å². The van der Waals surface area contributed by atoms with Crippen LogP contribution in [0.5, 0.6) is 0 Å². The summed E-state index contributed by atoms with van der Waals surface area (Å²) in [6, 6.07) is 4.02. The first-order valence-electron chi connectivity index (χ1n) is 3.64. The summed E-state index contributed by atoms with van der Waals surface area (Å²) in [4.78, 5) is 4.26. The Morgan fingerprint density at radius 3 is 2.90 bits per heavy atom. The first kappa shape index (κ1) is 5.90. The monoisotopic (exact) mass is 132 g/mol. The highest BCUT2D eigenvalue weighted by Gasteiger charge is 2.24. The Morgan fingerprint density at radius 2 is 2.30 bits per heavy atom. The number of pyridine rings is 1. The van der Waals surface area contributed by atoms with Gasteiger partial charge in [-0.1, -0.05) is 0 Å². The molecule has 0 bridgehead atoms. The fraction of sp³-hybridized carbons (Fsp3) is 0.333. The summed E-state index contributed by atoms with van der Waals surface area (Å²) in [5.74, 6) is 0.752. The first-order chi connectivity index (χ1) is 4.86. The van der Waals surface area contributed by atoms with Crippen molar-refractivity contribution in [3.05, 3.63) is 36.5 Å². The molecular weight excluding hydrogens is 122 g/mol. The van der Waals surface area contributed by atoms with Crippen molar-refractivity contribution in [3.8, 4) is 0 Å². The maximum absolute atomic E-state index is 4.26. The SMILES string of the molecule is [CH2]c1ccnc(C2CC2)c1. The normalized spacial score (nSPS) is 17.3. The van der Waals surface area contributed by atoms with E-state index < -0.39 is 0 Å². The summed E-state index contributed by atoms with van der Waals surface area (Å²) >= 11 is 0. The van der Waals surface area contributed by atoms with Crippen molar-refractivity contribution in [3.63, 3.8) is 0 Å². The van der Waals surface area contributed by atoms with E-state index in [9.17, 15) is 0 Å². The number of rotatable bonds is 1. The van der Waals surface area contributed by atoms with Crippen LogP contribution in [0.15, 0.2) is 18.3 Å². The predicted octanol–water partition coefficient (Wildman–Crippen LogP) is 2.14. The first-order valence-corrected chi connectivity index (χ1v) is 3.64. The van der Waals surface area contributed by atoms with Gasteiger partial charge in [-0.3, -0.25) is 4.98 Å². The molecule has 1 aromatic rings. The zero-order valence-corrected chi connectivity index (χ0v) is 5.88. The zero-order valence-electron chi connectivity index (χ0n) is 5.88. The van der Waals surface area contributed by atoms with Crippen molar-refractivity contribution in [2.45, 2.75) is 18.8 Å². The van der Waals surface area contributed by atoms with Crippen molar-refractivity contribution in [1.29, 1.82) is 0 Å². The molecule has 0 aliphatic heterocycles. The number of hydrogen-bond acceptors (Lipinski definition) is 1. The lowest BCUT2D eigenvalue weighted by Gasteiger charge is -1.96. The van der Waals surface area contributed by atoms with Crippen molar-refractivity contribution < 1.29 is 0 Å². The molecule has 0 aromatic carbocycles. The van der Waals surface area contributed by atoms with E-state index >= 15 is 0 Å². The largest absolute Gasteiger partial charge is 0.261 e. The average Bonchev–Trinajstić information content (AvgIpc) is 2.68. The summed E-state index contributed by atoms with van der Waals surface area (Å²) in [5.41, 5.74) is 2.31. The summed E-state index contributed by atoms with van der Waals surface area (Å²) in [5, 5.41) is 0. The molecule has 1 nitrogen and oxygen atoms in total. The topological polar surface area (TPSA) is 12.9 Å². The van der Waals surface area contributed by atoms with E-state index in [1.54, 1.807) is 0 Å². The Kier molecular flexibility index (Phi) is 1.23. The lowest BCUT2D eigenvalue weighted by atomic mass is 10.2. The summed E-state index contributed by atoms with van der Waals surface area (Å²) in [7, 11) is 0. The van der Waals surface area contributed by atoms with E-state index in [0.717, 1.165) is 11.5 Å². The highest BCUT2D eigenvalue weighted by molar-refractivity contribution is 5.23. The van der Waals surface area contributed by atoms with Crippen LogP contribution < -0.4 is 0 Å². The molecule has 0 spiro atoms. The molecule has 1 aliphatic carbocycles. The second-order valence-electron chi connectivity index (χ2n) is 2.86. The van der Waals surface area contributed by atoms with E-state index in [2.05, 4.69) is 18.0 Å². The van der Waals surface area contributed by atoms with Gasteiger partial charge in [-0.05, 0) is 37.5 Å². The third-order valence-corrected chi connectivity index (χ3v) is 1.84. The van der Waals surface area contributed by atoms with Crippen LogP contribution in [-0.4, -0.2) is 4.98 Å². The van der Waals surface area contributed by atoms with Crippen LogP contribution >= 0.6 is 0 Å². The van der Waals surface area contributed by atoms with Gasteiger partial charge in [0.25, 0.3) is 0 Å². The molecule has 1 saturated carbocycles. The minimum absolute atomic E-state index is 0.752. The van der Waals surface area contributed by atoms with E-state index in [0.29, 0.717) is 0 Å². The summed E-state index contributed by atoms with van der Waals surface area (Å²) in [6.07, 6.45) is 4.48. The average molecular weight is 132 g/mol. The smallest absolute Gasteiger partial charge is 0.0437 e. The van der Waals surface area contributed by atoms with Crippen LogP contribution in [0.1, 0.15) is 30.0 Å². The van der Waals surface area contributed by atoms with Crippen molar-refractivity contribution in [2.24, 2.45) is 0 Å². The Balaban J connectivity index is 2.32. The number of aromatic nitrogens is 1. The second-order valence-corrected chi connectivity index (χ2v) is 2.86. The highest BCUT2D eigenvalue weighted by Crippen LogP contribution is 2.38. The molecule has 0 N–H and O–H groups in total. The standard InChI is InChI=1S/C9H10N/c1-7-4-5-10-9(6-7)8-2-3-8/h4-6,8H,1-3H2. The van der Waals surface area contributed by atoms with Crippen LogP contribution in [0.2, 0.25) is 0 Å².